The van der Waals surface area contributed by atoms with Gasteiger partial charge in [0.2, 0.25) is 0 Å². The molecule has 1 saturated heterocycles. The number of rotatable bonds is 4. The number of alkyl halides is 1. The number of anilines is 1. The van der Waals surface area contributed by atoms with Gasteiger partial charge in [0.1, 0.15) is 5.82 Å². The van der Waals surface area contributed by atoms with E-state index in [4.69, 9.17) is 16.6 Å². The van der Waals surface area contributed by atoms with Gasteiger partial charge in [0.25, 0.3) is 0 Å². The predicted octanol–water partition coefficient (Wildman–Crippen LogP) is 4.60. The summed E-state index contributed by atoms with van der Waals surface area (Å²) in [5.74, 6) is 2.48. The van der Waals surface area contributed by atoms with Crippen LogP contribution in [0.5, 0.6) is 0 Å². The largest absolute Gasteiger partial charge is 0.356 e. The number of nitrogens with zero attached hydrogens (tertiary/aromatic N) is 2. The van der Waals surface area contributed by atoms with Crippen LogP contribution in [0.4, 0.5) is 5.82 Å². The van der Waals surface area contributed by atoms with Crippen molar-refractivity contribution in [2.24, 2.45) is 5.92 Å². The molecule has 0 aliphatic carbocycles. The molecule has 1 unspecified atom stereocenters. The van der Waals surface area contributed by atoms with Crippen LogP contribution in [0.25, 0.3) is 10.8 Å². The highest BCUT2D eigenvalue weighted by molar-refractivity contribution is 6.18. The normalized spacial score (nSPS) is 18.9. The first-order valence-electron chi connectivity index (χ1n) is 7.51. The highest BCUT2D eigenvalue weighted by Gasteiger charge is 2.24. The molecule has 1 atom stereocenters. The molecule has 0 amide bonds. The lowest BCUT2D eigenvalue weighted by Crippen LogP contribution is -2.21. The fourth-order valence-corrected chi connectivity index (χ4v) is 3.48. The quantitative estimate of drug-likeness (QED) is 0.764. The van der Waals surface area contributed by atoms with E-state index in [1.807, 2.05) is 6.20 Å². The van der Waals surface area contributed by atoms with Crippen molar-refractivity contribution in [1.82, 2.24) is 4.98 Å². The first-order valence-corrected chi connectivity index (χ1v) is 8.04. The van der Waals surface area contributed by atoms with E-state index in [1.54, 1.807) is 0 Å². The molecule has 2 aromatic rings. The Morgan fingerprint density at radius 2 is 2.10 bits per heavy atom. The summed E-state index contributed by atoms with van der Waals surface area (Å²) in [5.41, 5.74) is 1.12. The van der Waals surface area contributed by atoms with Gasteiger partial charge in [0.15, 0.2) is 0 Å². The highest BCUT2D eigenvalue weighted by atomic mass is 35.5. The maximum Gasteiger partial charge on any atom is 0.136 e. The molecule has 2 heterocycles. The molecule has 0 radical (unpaired) electrons. The highest BCUT2D eigenvalue weighted by Crippen LogP contribution is 2.32. The third-order valence-electron chi connectivity index (χ3n) is 4.28. The second-order valence-corrected chi connectivity index (χ2v) is 5.94. The number of hydrogen-bond donors (Lipinski definition) is 0. The third kappa shape index (κ3) is 2.49. The lowest BCUT2D eigenvalue weighted by Gasteiger charge is -2.20. The molecular weight excluding hydrogens is 268 g/mol. The van der Waals surface area contributed by atoms with Crippen molar-refractivity contribution in [2.45, 2.75) is 32.1 Å². The Balaban J connectivity index is 1.97. The Morgan fingerprint density at radius 1 is 1.30 bits per heavy atom. The zero-order chi connectivity index (χ0) is 13.9. The SMILES string of the molecule is CCCC1CCN(c2ncc(CCl)c3ccccc23)C1. The van der Waals surface area contributed by atoms with E-state index < -0.39 is 0 Å². The summed E-state index contributed by atoms with van der Waals surface area (Å²) in [6.45, 7) is 4.54. The molecule has 0 saturated carbocycles. The lowest BCUT2D eigenvalue weighted by molar-refractivity contribution is 0.529. The fourth-order valence-electron chi connectivity index (χ4n) is 3.26. The molecule has 1 fully saturated rings. The van der Waals surface area contributed by atoms with Crippen LogP contribution in [0.3, 0.4) is 0 Å². The zero-order valence-electron chi connectivity index (χ0n) is 12.0. The number of hydrogen-bond acceptors (Lipinski definition) is 2. The summed E-state index contributed by atoms with van der Waals surface area (Å²) in [5, 5.41) is 2.48. The molecule has 0 spiro atoms. The molecular formula is C17H21ClN2. The molecule has 20 heavy (non-hydrogen) atoms. The average molecular weight is 289 g/mol. The minimum absolute atomic E-state index is 0.520. The van der Waals surface area contributed by atoms with Crippen LogP contribution in [0.2, 0.25) is 0 Å². The lowest BCUT2D eigenvalue weighted by atomic mass is 10.0. The molecule has 1 aromatic heterocycles. The average Bonchev–Trinajstić information content (AvgIpc) is 2.95. The summed E-state index contributed by atoms with van der Waals surface area (Å²) in [7, 11) is 0. The summed E-state index contributed by atoms with van der Waals surface area (Å²) in [6, 6.07) is 8.48. The molecule has 0 bridgehead atoms. The summed E-state index contributed by atoms with van der Waals surface area (Å²) < 4.78 is 0. The van der Waals surface area contributed by atoms with Gasteiger partial charge in [-0.3, -0.25) is 0 Å². The van der Waals surface area contributed by atoms with Crippen molar-refractivity contribution in [3.63, 3.8) is 0 Å². The molecule has 3 heteroatoms. The van der Waals surface area contributed by atoms with Gasteiger partial charge in [-0.25, -0.2) is 4.98 Å². The number of halogens is 1. The van der Waals surface area contributed by atoms with Crippen molar-refractivity contribution in [3.05, 3.63) is 36.0 Å². The van der Waals surface area contributed by atoms with Crippen LogP contribution < -0.4 is 4.90 Å². The van der Waals surface area contributed by atoms with Crippen molar-refractivity contribution in [2.75, 3.05) is 18.0 Å². The molecule has 106 valence electrons. The molecule has 0 N–H and O–H groups in total. The standard InChI is InChI=1S/C17H21ClN2/c1-2-5-13-8-9-20(12-13)17-16-7-4-3-6-15(16)14(10-18)11-19-17/h3-4,6-7,11,13H,2,5,8-10,12H2,1H3. The van der Waals surface area contributed by atoms with Gasteiger partial charge < -0.3 is 4.90 Å². The fraction of sp³-hybridized carbons (Fsp3) is 0.471. The van der Waals surface area contributed by atoms with Crippen molar-refractivity contribution in [3.8, 4) is 0 Å². The minimum Gasteiger partial charge on any atom is -0.356 e. The van der Waals surface area contributed by atoms with Crippen molar-refractivity contribution >= 4 is 28.2 Å². The minimum atomic E-state index is 0.520. The molecule has 1 aromatic carbocycles. The van der Waals surface area contributed by atoms with E-state index >= 15 is 0 Å². The van der Waals surface area contributed by atoms with Crippen LogP contribution >= 0.6 is 11.6 Å². The first-order chi connectivity index (χ1) is 9.83. The van der Waals surface area contributed by atoms with Crippen molar-refractivity contribution < 1.29 is 0 Å². The third-order valence-corrected chi connectivity index (χ3v) is 4.57. The zero-order valence-corrected chi connectivity index (χ0v) is 12.7. The van der Waals surface area contributed by atoms with Gasteiger partial charge in [-0.2, -0.15) is 0 Å². The molecule has 1 aliphatic heterocycles. The molecule has 1 aliphatic rings. The molecule has 3 rings (SSSR count). The monoisotopic (exact) mass is 288 g/mol. The van der Waals surface area contributed by atoms with Crippen LogP contribution in [-0.4, -0.2) is 18.1 Å². The number of aromatic nitrogens is 1. The first kappa shape index (κ1) is 13.7. The van der Waals surface area contributed by atoms with Gasteiger partial charge in [0.05, 0.1) is 0 Å². The van der Waals surface area contributed by atoms with Crippen molar-refractivity contribution in [1.29, 1.82) is 0 Å². The van der Waals surface area contributed by atoms with E-state index in [9.17, 15) is 0 Å². The Morgan fingerprint density at radius 3 is 2.85 bits per heavy atom. The van der Waals surface area contributed by atoms with Crippen LogP contribution in [0.1, 0.15) is 31.7 Å². The second kappa shape index (κ2) is 6.01. The smallest absolute Gasteiger partial charge is 0.136 e. The molecule has 2 nitrogen and oxygen atoms in total. The second-order valence-electron chi connectivity index (χ2n) is 5.68. The van der Waals surface area contributed by atoms with Crippen LogP contribution in [0.15, 0.2) is 30.5 Å². The van der Waals surface area contributed by atoms with Gasteiger partial charge in [-0.1, -0.05) is 37.6 Å². The van der Waals surface area contributed by atoms with Gasteiger partial charge in [0, 0.05) is 30.6 Å². The summed E-state index contributed by atoms with van der Waals surface area (Å²) >= 11 is 6.03. The van der Waals surface area contributed by atoms with Gasteiger partial charge in [-0.15, -0.1) is 11.6 Å². The maximum absolute atomic E-state index is 6.03. The van der Waals surface area contributed by atoms with E-state index in [0.717, 1.165) is 30.4 Å². The van der Waals surface area contributed by atoms with E-state index in [-0.39, 0.29) is 0 Å². The topological polar surface area (TPSA) is 16.1 Å². The number of benzene rings is 1. The summed E-state index contributed by atoms with van der Waals surface area (Å²) in [6.07, 6.45) is 5.84. The van der Waals surface area contributed by atoms with E-state index in [0.29, 0.717) is 5.88 Å². The van der Waals surface area contributed by atoms with Gasteiger partial charge in [-0.05, 0) is 29.7 Å². The predicted molar refractivity (Wildman–Crippen MR) is 86.5 cm³/mol. The summed E-state index contributed by atoms with van der Waals surface area (Å²) in [4.78, 5) is 7.14. The van der Waals surface area contributed by atoms with Crippen LogP contribution in [0, 0.1) is 5.92 Å². The number of pyridine rings is 1. The Kier molecular flexibility index (Phi) is 4.11. The Hall–Kier alpha value is -1.28. The van der Waals surface area contributed by atoms with Crippen LogP contribution in [-0.2, 0) is 5.88 Å². The van der Waals surface area contributed by atoms with Gasteiger partial charge >= 0.3 is 0 Å². The number of fused-ring (bicyclic) bond motifs is 1. The van der Waals surface area contributed by atoms with E-state index in [2.05, 4.69) is 36.1 Å². The Bertz CT molecular complexity index is 597. The van der Waals surface area contributed by atoms with E-state index in [1.165, 1.54) is 30.0 Å². The maximum atomic E-state index is 6.03. The Labute approximate surface area is 125 Å².